The maximum Gasteiger partial charge on any atom is 0.315 e. The molecule has 1 heterocycles. The van der Waals surface area contributed by atoms with Crippen LogP contribution in [0.15, 0.2) is 11.8 Å². The number of nitrogens with zero attached hydrogens (tertiary/aromatic N) is 1. The fourth-order valence-corrected chi connectivity index (χ4v) is 6.84. The fraction of sp³-hybridized carbons (Fsp3) is 0.794. The van der Waals surface area contributed by atoms with Crippen molar-refractivity contribution in [1.82, 2.24) is 20.9 Å². The van der Waals surface area contributed by atoms with Crippen molar-refractivity contribution in [1.29, 1.82) is 0 Å². The van der Waals surface area contributed by atoms with Gasteiger partial charge in [-0.25, -0.2) is 4.79 Å². The number of aliphatic hydroxyl groups excluding tert-OH is 1. The number of amides is 5. The van der Waals surface area contributed by atoms with Gasteiger partial charge in [-0.15, -0.1) is 0 Å². The van der Waals surface area contributed by atoms with Crippen molar-refractivity contribution in [3.63, 3.8) is 0 Å². The van der Waals surface area contributed by atoms with Crippen molar-refractivity contribution < 1.29 is 29.1 Å². The lowest BCUT2D eigenvalue weighted by Gasteiger charge is -2.39. The number of likely N-dealkylation sites (tertiary alicyclic amines) is 1. The van der Waals surface area contributed by atoms with Crippen LogP contribution in [0.25, 0.3) is 0 Å². The molecule has 0 aromatic rings. The Bertz CT molecular complexity index is 1070. The smallest absolute Gasteiger partial charge is 0.315 e. The van der Waals surface area contributed by atoms with E-state index in [1.165, 1.54) is 4.90 Å². The number of urea groups is 1. The number of primary amides is 1. The Morgan fingerprint density at radius 1 is 0.978 bits per heavy atom. The van der Waals surface area contributed by atoms with Crippen LogP contribution in [0.2, 0.25) is 0 Å². The number of aliphatic hydroxyl groups is 1. The summed E-state index contributed by atoms with van der Waals surface area (Å²) in [4.78, 5) is 67.0. The molecule has 45 heavy (non-hydrogen) atoms. The van der Waals surface area contributed by atoms with Crippen molar-refractivity contribution in [2.45, 2.75) is 149 Å². The van der Waals surface area contributed by atoms with Crippen LogP contribution in [0.1, 0.15) is 126 Å². The fourth-order valence-electron chi connectivity index (χ4n) is 6.84. The third-order valence-electron chi connectivity index (χ3n) is 9.28. The zero-order chi connectivity index (χ0) is 33.9. The lowest BCUT2D eigenvalue weighted by Crippen LogP contribution is -2.62. The lowest BCUT2D eigenvalue weighted by atomic mass is 9.80. The van der Waals surface area contributed by atoms with Gasteiger partial charge in [-0.1, -0.05) is 80.6 Å². The Morgan fingerprint density at radius 2 is 1.60 bits per heavy atom. The van der Waals surface area contributed by atoms with E-state index in [0.717, 1.165) is 44.9 Å². The van der Waals surface area contributed by atoms with Crippen molar-refractivity contribution in [3.8, 4) is 0 Å². The Kier molecular flexibility index (Phi) is 14.4. The minimum atomic E-state index is -1.09. The van der Waals surface area contributed by atoms with Gasteiger partial charge < -0.3 is 31.7 Å². The van der Waals surface area contributed by atoms with Gasteiger partial charge in [0.15, 0.2) is 0 Å². The first-order valence-electron chi connectivity index (χ1n) is 17.0. The van der Waals surface area contributed by atoms with Crippen LogP contribution < -0.4 is 21.7 Å². The SMILES string of the molecule is CCCC(CCC)(CC(C)/C=C(/O)CC)NC(=O)NC(C(=O)N1CCCC1C(=O)NC(CC1CCC1)C(=O)C(N)=O)C(C)(C)C. The van der Waals surface area contributed by atoms with Crippen LogP contribution >= 0.6 is 0 Å². The van der Waals surface area contributed by atoms with E-state index in [1.54, 1.807) is 0 Å². The second-order valence-electron chi connectivity index (χ2n) is 14.4. The summed E-state index contributed by atoms with van der Waals surface area (Å²) in [5, 5.41) is 19.0. The van der Waals surface area contributed by atoms with E-state index in [2.05, 4.69) is 29.8 Å². The van der Waals surface area contributed by atoms with Crippen LogP contribution in [0.5, 0.6) is 0 Å². The summed E-state index contributed by atoms with van der Waals surface area (Å²) in [5.41, 5.74) is 4.08. The maximum atomic E-state index is 14.1. The number of nitrogens with one attached hydrogen (secondary N) is 3. The summed E-state index contributed by atoms with van der Waals surface area (Å²) in [6, 6.07) is -3.21. The van der Waals surface area contributed by atoms with Crippen molar-refractivity contribution in [2.75, 3.05) is 6.54 Å². The molecule has 1 aliphatic carbocycles. The van der Waals surface area contributed by atoms with Gasteiger partial charge in [0, 0.05) is 18.5 Å². The lowest BCUT2D eigenvalue weighted by molar-refractivity contribution is -0.143. The highest BCUT2D eigenvalue weighted by molar-refractivity contribution is 6.37. The topological polar surface area (TPSA) is 171 Å². The maximum absolute atomic E-state index is 14.1. The third kappa shape index (κ3) is 11.0. The largest absolute Gasteiger partial charge is 0.513 e. The predicted octanol–water partition coefficient (Wildman–Crippen LogP) is 4.64. The zero-order valence-corrected chi connectivity index (χ0v) is 28.7. The summed E-state index contributed by atoms with van der Waals surface area (Å²) < 4.78 is 0. The highest BCUT2D eigenvalue weighted by Gasteiger charge is 2.44. The zero-order valence-electron chi connectivity index (χ0n) is 28.7. The second-order valence-corrected chi connectivity index (χ2v) is 14.4. The van der Waals surface area contributed by atoms with Gasteiger partial charge in [0.1, 0.15) is 12.1 Å². The standard InChI is InChI=1S/C34H59N5O6/c1-8-16-34(17-9-2,21-22(4)19-24(40)10-3)38-32(45)37-28(33(5,6)7)31(44)39-18-12-15-26(39)30(43)36-25(27(41)29(35)42)20-23-13-11-14-23/h19,22-23,25-26,28,40H,8-18,20-21H2,1-7H3,(H2,35,42)(H,36,43)(H2,37,38,45)/b24-19+. The van der Waals surface area contributed by atoms with Gasteiger partial charge in [-0.2, -0.15) is 0 Å². The van der Waals surface area contributed by atoms with E-state index in [4.69, 9.17) is 5.73 Å². The Hall–Kier alpha value is -3.11. The van der Waals surface area contributed by atoms with E-state index in [-0.39, 0.29) is 17.7 Å². The van der Waals surface area contributed by atoms with Crippen molar-refractivity contribution in [2.24, 2.45) is 23.0 Å². The van der Waals surface area contributed by atoms with Crippen LogP contribution in [0, 0.1) is 17.3 Å². The summed E-state index contributed by atoms with van der Waals surface area (Å²) in [6.07, 6.45) is 10.5. The highest BCUT2D eigenvalue weighted by atomic mass is 16.3. The molecule has 2 fully saturated rings. The number of ketones is 1. The minimum Gasteiger partial charge on any atom is -0.513 e. The average molecular weight is 634 g/mol. The number of nitrogens with two attached hydrogens (primary N) is 1. The van der Waals surface area contributed by atoms with Gasteiger partial charge in [-0.3, -0.25) is 19.2 Å². The van der Waals surface area contributed by atoms with Crippen molar-refractivity contribution in [3.05, 3.63) is 11.8 Å². The van der Waals surface area contributed by atoms with E-state index in [0.29, 0.717) is 44.4 Å². The van der Waals surface area contributed by atoms with E-state index >= 15 is 0 Å². The van der Waals surface area contributed by atoms with Crippen LogP contribution in [-0.2, 0) is 19.2 Å². The molecule has 0 bridgehead atoms. The molecule has 256 valence electrons. The number of hydrogen-bond acceptors (Lipinski definition) is 6. The molecule has 0 aromatic heterocycles. The summed E-state index contributed by atoms with van der Waals surface area (Å²) in [5.74, 6) is -2.17. The molecule has 2 rings (SSSR count). The first-order valence-corrected chi connectivity index (χ1v) is 17.0. The number of Topliss-reactive ketones (excluding diaryl/α,β-unsaturated/α-hetero) is 1. The number of hydrogen-bond donors (Lipinski definition) is 5. The molecule has 5 amide bonds. The minimum absolute atomic E-state index is 0.0295. The molecule has 11 heteroatoms. The van der Waals surface area contributed by atoms with Crippen molar-refractivity contribution >= 4 is 29.5 Å². The van der Waals surface area contributed by atoms with Gasteiger partial charge in [0.25, 0.3) is 5.91 Å². The molecule has 4 atom stereocenters. The predicted molar refractivity (Wildman–Crippen MR) is 175 cm³/mol. The number of carbonyl (C=O) groups is 5. The highest BCUT2D eigenvalue weighted by Crippen LogP contribution is 2.32. The van der Waals surface area contributed by atoms with Crippen LogP contribution in [-0.4, -0.2) is 69.8 Å². The molecule has 1 saturated heterocycles. The Labute approximate surface area is 269 Å². The molecule has 0 spiro atoms. The second kappa shape index (κ2) is 17.0. The summed E-state index contributed by atoms with van der Waals surface area (Å²) >= 11 is 0. The molecule has 6 N–H and O–H groups in total. The molecule has 1 saturated carbocycles. The Balaban J connectivity index is 2.24. The van der Waals surface area contributed by atoms with E-state index in [1.807, 2.05) is 40.7 Å². The number of carbonyl (C=O) groups excluding carboxylic acids is 5. The van der Waals surface area contributed by atoms with Gasteiger partial charge in [-0.05, 0) is 61.9 Å². The Morgan fingerprint density at radius 3 is 2.09 bits per heavy atom. The van der Waals surface area contributed by atoms with Gasteiger partial charge >= 0.3 is 6.03 Å². The van der Waals surface area contributed by atoms with E-state index in [9.17, 15) is 29.1 Å². The average Bonchev–Trinajstić information content (AvgIpc) is 3.41. The number of rotatable bonds is 17. The van der Waals surface area contributed by atoms with Crippen LogP contribution in [0.4, 0.5) is 4.79 Å². The summed E-state index contributed by atoms with van der Waals surface area (Å²) in [6.45, 7) is 14.0. The first kappa shape index (κ1) is 38.1. The van der Waals surface area contributed by atoms with Crippen LogP contribution in [0.3, 0.4) is 0 Å². The first-order chi connectivity index (χ1) is 21.1. The van der Waals surface area contributed by atoms with Gasteiger partial charge in [0.2, 0.25) is 17.6 Å². The molecule has 0 radical (unpaired) electrons. The number of allylic oxidation sites excluding steroid dienone is 2. The van der Waals surface area contributed by atoms with Gasteiger partial charge in [0.05, 0.1) is 11.8 Å². The monoisotopic (exact) mass is 633 g/mol. The summed E-state index contributed by atoms with van der Waals surface area (Å²) in [7, 11) is 0. The van der Waals surface area contributed by atoms with E-state index < -0.39 is 52.7 Å². The molecule has 1 aliphatic heterocycles. The molecular weight excluding hydrogens is 574 g/mol. The third-order valence-corrected chi connectivity index (χ3v) is 9.28. The normalized spacial score (nSPS) is 19.7. The molecule has 4 unspecified atom stereocenters. The quantitative estimate of drug-likeness (QED) is 0.115. The molecule has 11 nitrogen and oxygen atoms in total. The molecule has 0 aromatic carbocycles. The molecular formula is C34H59N5O6. The molecule has 2 aliphatic rings.